The Morgan fingerprint density at radius 2 is 2.21 bits per heavy atom. The fourth-order valence-electron chi connectivity index (χ4n) is 2.32. The number of anilines is 1. The highest BCUT2D eigenvalue weighted by Crippen LogP contribution is 2.33. The lowest BCUT2D eigenvalue weighted by Crippen LogP contribution is -2.30. The molecule has 0 saturated heterocycles. The van der Waals surface area contributed by atoms with Crippen LogP contribution in [0.15, 0.2) is 28.1 Å². The van der Waals surface area contributed by atoms with Crippen molar-refractivity contribution in [1.82, 2.24) is 0 Å². The molecule has 0 spiro atoms. The van der Waals surface area contributed by atoms with Gasteiger partial charge in [0.25, 0.3) is 0 Å². The first kappa shape index (κ1) is 12.6. The molecule has 0 atom stereocenters. The number of fused-ring (bicyclic) bond motifs is 1. The van der Waals surface area contributed by atoms with Gasteiger partial charge in [-0.25, -0.2) is 4.39 Å². The maximum Gasteiger partial charge on any atom is 0.161 e. The van der Waals surface area contributed by atoms with Gasteiger partial charge in [-0.05, 0) is 51.5 Å². The molecule has 3 rings (SSSR count). The standard InChI is InChI=1S/C14H10BrFN2S/c15-13-9(7-17)1-2-11(14(13)16)18-5-3-12-10(8-18)4-6-19-12/h1-2,4,6H,3,5,8H2. The second-order valence-electron chi connectivity index (χ2n) is 4.41. The van der Waals surface area contributed by atoms with E-state index in [4.69, 9.17) is 5.26 Å². The van der Waals surface area contributed by atoms with Crippen LogP contribution in [-0.2, 0) is 13.0 Å². The van der Waals surface area contributed by atoms with Gasteiger partial charge in [-0.1, -0.05) is 0 Å². The van der Waals surface area contributed by atoms with Crippen LogP contribution in [0, 0.1) is 17.1 Å². The number of rotatable bonds is 1. The zero-order valence-corrected chi connectivity index (χ0v) is 12.4. The van der Waals surface area contributed by atoms with E-state index < -0.39 is 0 Å². The molecule has 2 nitrogen and oxygen atoms in total. The van der Waals surface area contributed by atoms with E-state index in [1.165, 1.54) is 10.4 Å². The summed E-state index contributed by atoms with van der Waals surface area (Å²) in [5, 5.41) is 11.0. The van der Waals surface area contributed by atoms with Crippen LogP contribution >= 0.6 is 27.3 Å². The van der Waals surface area contributed by atoms with Crippen LogP contribution in [0.1, 0.15) is 16.0 Å². The molecule has 0 radical (unpaired) electrons. The van der Waals surface area contributed by atoms with E-state index in [0.29, 0.717) is 11.3 Å². The van der Waals surface area contributed by atoms with E-state index in [-0.39, 0.29) is 10.3 Å². The monoisotopic (exact) mass is 336 g/mol. The van der Waals surface area contributed by atoms with Crippen LogP contribution in [0.5, 0.6) is 0 Å². The number of nitriles is 1. The summed E-state index contributed by atoms with van der Waals surface area (Å²) in [6.45, 7) is 1.54. The highest BCUT2D eigenvalue weighted by Gasteiger charge is 2.21. The van der Waals surface area contributed by atoms with E-state index in [1.54, 1.807) is 23.5 Å². The summed E-state index contributed by atoms with van der Waals surface area (Å²) in [6.07, 6.45) is 0.948. The van der Waals surface area contributed by atoms with Crippen LogP contribution < -0.4 is 4.90 Å². The van der Waals surface area contributed by atoms with Crippen molar-refractivity contribution in [1.29, 1.82) is 5.26 Å². The second kappa shape index (κ2) is 4.95. The summed E-state index contributed by atoms with van der Waals surface area (Å²) in [5.41, 5.74) is 2.16. The Morgan fingerprint density at radius 1 is 1.37 bits per heavy atom. The maximum absolute atomic E-state index is 14.3. The van der Waals surface area contributed by atoms with Crippen molar-refractivity contribution in [3.63, 3.8) is 0 Å². The van der Waals surface area contributed by atoms with E-state index in [0.717, 1.165) is 19.5 Å². The molecule has 2 heterocycles. The summed E-state index contributed by atoms with van der Waals surface area (Å²) in [6, 6.07) is 7.42. The van der Waals surface area contributed by atoms with Gasteiger partial charge in [0.05, 0.1) is 15.7 Å². The van der Waals surface area contributed by atoms with Gasteiger partial charge in [0.15, 0.2) is 5.82 Å². The predicted molar refractivity (Wildman–Crippen MR) is 77.9 cm³/mol. The minimum absolute atomic E-state index is 0.253. The molecule has 0 bridgehead atoms. The molecule has 1 aliphatic heterocycles. The van der Waals surface area contributed by atoms with Crippen molar-refractivity contribution >= 4 is 33.0 Å². The van der Waals surface area contributed by atoms with Crippen LogP contribution in [-0.4, -0.2) is 6.54 Å². The Balaban J connectivity index is 1.97. The Morgan fingerprint density at radius 3 is 3.00 bits per heavy atom. The minimum Gasteiger partial charge on any atom is -0.364 e. The third-order valence-corrected chi connectivity index (χ3v) is 5.13. The van der Waals surface area contributed by atoms with Gasteiger partial charge in [-0.15, -0.1) is 11.3 Å². The van der Waals surface area contributed by atoms with Crippen LogP contribution in [0.2, 0.25) is 0 Å². The van der Waals surface area contributed by atoms with E-state index >= 15 is 0 Å². The highest BCUT2D eigenvalue weighted by atomic mass is 79.9. The zero-order chi connectivity index (χ0) is 13.4. The molecule has 1 aromatic heterocycles. The van der Waals surface area contributed by atoms with Crippen LogP contribution in [0.4, 0.5) is 10.1 Å². The number of hydrogen-bond acceptors (Lipinski definition) is 3. The molecule has 0 fully saturated rings. The van der Waals surface area contributed by atoms with E-state index in [2.05, 4.69) is 27.4 Å². The minimum atomic E-state index is -0.349. The Kier molecular flexibility index (Phi) is 3.29. The van der Waals surface area contributed by atoms with Crippen molar-refractivity contribution in [3.8, 4) is 6.07 Å². The summed E-state index contributed by atoms with van der Waals surface area (Å²) in [5.74, 6) is -0.349. The maximum atomic E-state index is 14.3. The number of thiophene rings is 1. The van der Waals surface area contributed by atoms with E-state index in [9.17, 15) is 4.39 Å². The van der Waals surface area contributed by atoms with Gasteiger partial charge in [-0.3, -0.25) is 0 Å². The SMILES string of the molecule is N#Cc1ccc(N2CCc3sccc3C2)c(F)c1Br. The Labute approximate surface area is 123 Å². The molecular formula is C14H10BrFN2S. The van der Waals surface area contributed by atoms with Gasteiger partial charge >= 0.3 is 0 Å². The number of halogens is 2. The van der Waals surface area contributed by atoms with Crippen molar-refractivity contribution < 1.29 is 4.39 Å². The van der Waals surface area contributed by atoms with Gasteiger partial charge in [0, 0.05) is 18.0 Å². The molecule has 0 unspecified atom stereocenters. The van der Waals surface area contributed by atoms with Gasteiger partial charge in [-0.2, -0.15) is 5.26 Å². The first-order valence-electron chi connectivity index (χ1n) is 5.89. The van der Waals surface area contributed by atoms with Crippen molar-refractivity contribution in [2.24, 2.45) is 0 Å². The number of nitrogens with zero attached hydrogens (tertiary/aromatic N) is 2. The highest BCUT2D eigenvalue weighted by molar-refractivity contribution is 9.10. The molecule has 96 valence electrons. The first-order chi connectivity index (χ1) is 9.20. The molecule has 0 amide bonds. The summed E-state index contributed by atoms with van der Waals surface area (Å²) in [4.78, 5) is 3.42. The summed E-state index contributed by atoms with van der Waals surface area (Å²) >= 11 is 4.92. The van der Waals surface area contributed by atoms with Crippen LogP contribution in [0.3, 0.4) is 0 Å². The molecule has 5 heteroatoms. The average molecular weight is 337 g/mol. The van der Waals surface area contributed by atoms with Crippen molar-refractivity contribution in [2.75, 3.05) is 11.4 Å². The van der Waals surface area contributed by atoms with Gasteiger partial charge in [0.1, 0.15) is 6.07 Å². The molecule has 1 aromatic carbocycles. The topological polar surface area (TPSA) is 27.0 Å². The lowest BCUT2D eigenvalue weighted by molar-refractivity contribution is 0.605. The normalized spacial score (nSPS) is 14.1. The van der Waals surface area contributed by atoms with Gasteiger partial charge in [0.2, 0.25) is 0 Å². The number of hydrogen-bond donors (Lipinski definition) is 0. The fraction of sp³-hybridized carbons (Fsp3) is 0.214. The third kappa shape index (κ3) is 2.15. The summed E-state index contributed by atoms with van der Waals surface area (Å²) < 4.78 is 14.6. The lowest BCUT2D eigenvalue weighted by atomic mass is 10.1. The van der Waals surface area contributed by atoms with Gasteiger partial charge < -0.3 is 4.90 Å². The molecule has 0 saturated carbocycles. The Bertz CT molecular complexity index is 675. The van der Waals surface area contributed by atoms with Crippen molar-refractivity contribution in [2.45, 2.75) is 13.0 Å². The molecule has 19 heavy (non-hydrogen) atoms. The molecular weight excluding hydrogens is 327 g/mol. The molecule has 1 aliphatic rings. The molecule has 0 N–H and O–H groups in total. The zero-order valence-electron chi connectivity index (χ0n) is 9.99. The summed E-state index contributed by atoms with van der Waals surface area (Å²) in [7, 11) is 0. The quantitative estimate of drug-likeness (QED) is 0.784. The molecule has 0 aliphatic carbocycles. The molecule has 2 aromatic rings. The second-order valence-corrected chi connectivity index (χ2v) is 6.21. The number of benzene rings is 1. The fourth-order valence-corrected chi connectivity index (χ4v) is 3.64. The van der Waals surface area contributed by atoms with Crippen molar-refractivity contribution in [3.05, 3.63) is 49.9 Å². The largest absolute Gasteiger partial charge is 0.364 e. The third-order valence-electron chi connectivity index (χ3n) is 3.33. The lowest BCUT2D eigenvalue weighted by Gasteiger charge is -2.29. The van der Waals surface area contributed by atoms with Crippen LogP contribution in [0.25, 0.3) is 0 Å². The van der Waals surface area contributed by atoms with E-state index in [1.807, 2.05) is 11.0 Å². The Hall–Kier alpha value is -1.38. The average Bonchev–Trinajstić information content (AvgIpc) is 2.89. The first-order valence-corrected chi connectivity index (χ1v) is 7.56. The predicted octanol–water partition coefficient (Wildman–Crippen LogP) is 4.08. The smallest absolute Gasteiger partial charge is 0.161 e.